The zero-order chi connectivity index (χ0) is 24.4. The first-order chi connectivity index (χ1) is 16.3. The van der Waals surface area contributed by atoms with Crippen LogP contribution in [0.15, 0.2) is 47.3 Å². The lowest BCUT2D eigenvalue weighted by Crippen LogP contribution is -2.13. The highest BCUT2D eigenvalue weighted by atomic mass is 16.5. The summed E-state index contributed by atoms with van der Waals surface area (Å²) >= 11 is 0. The van der Waals surface area contributed by atoms with Gasteiger partial charge in [-0.1, -0.05) is 31.5 Å². The first-order valence-corrected chi connectivity index (χ1v) is 11.1. The Balaban J connectivity index is 1.83. The maximum atomic E-state index is 12.9. The number of primary amides is 1. The van der Waals surface area contributed by atoms with E-state index in [4.69, 9.17) is 15.5 Å². The molecule has 9 nitrogen and oxygen atoms in total. The number of rotatable bonds is 8. The quantitative estimate of drug-likeness (QED) is 0.369. The van der Waals surface area contributed by atoms with Crippen molar-refractivity contribution in [3.05, 3.63) is 75.2 Å². The van der Waals surface area contributed by atoms with E-state index in [9.17, 15) is 14.7 Å². The standard InChI is InChI=1S/C25H27N5O4/c1-4-6-18-20-21(30(3)29-18)25(33)28-24(27-20)17-13-16(11-12-19(17)34-5-2)22(31)14-7-9-15(10-8-14)23(26)32/h7-13,22,31H,4-6H2,1-3H3,(H2,26,32)(H,27,28,33). The second-order valence-electron chi connectivity index (χ2n) is 8.01. The number of carbonyl (C=O) groups is 1. The summed E-state index contributed by atoms with van der Waals surface area (Å²) in [7, 11) is 1.73. The van der Waals surface area contributed by atoms with Crippen molar-refractivity contribution in [1.29, 1.82) is 0 Å². The molecule has 0 aliphatic heterocycles. The second-order valence-corrected chi connectivity index (χ2v) is 8.01. The molecule has 176 valence electrons. The Labute approximate surface area is 196 Å². The van der Waals surface area contributed by atoms with Gasteiger partial charge in [0.15, 0.2) is 5.52 Å². The van der Waals surface area contributed by atoms with E-state index in [1.165, 1.54) is 0 Å². The minimum absolute atomic E-state index is 0.298. The van der Waals surface area contributed by atoms with Crippen LogP contribution in [0.25, 0.3) is 22.4 Å². The normalized spacial score (nSPS) is 12.1. The SMILES string of the molecule is CCCc1nn(C)c2c(=O)[nH]c(-c3cc(C(O)c4ccc(C(N)=O)cc4)ccc3OCC)nc12. The van der Waals surface area contributed by atoms with Crippen molar-refractivity contribution in [2.75, 3.05) is 6.61 Å². The molecule has 0 aliphatic rings. The number of H-pyrrole nitrogens is 1. The van der Waals surface area contributed by atoms with Crippen LogP contribution in [0.1, 0.15) is 53.6 Å². The number of aliphatic hydroxyl groups is 1. The smallest absolute Gasteiger partial charge is 0.277 e. The van der Waals surface area contributed by atoms with E-state index in [0.29, 0.717) is 57.9 Å². The summed E-state index contributed by atoms with van der Waals surface area (Å²) < 4.78 is 7.34. The van der Waals surface area contributed by atoms with E-state index in [-0.39, 0.29) is 5.56 Å². The van der Waals surface area contributed by atoms with Crippen LogP contribution in [0, 0.1) is 0 Å². The number of amides is 1. The highest BCUT2D eigenvalue weighted by molar-refractivity contribution is 5.92. The van der Waals surface area contributed by atoms with Gasteiger partial charge in [0.1, 0.15) is 23.2 Å². The number of nitrogens with one attached hydrogen (secondary N) is 1. The summed E-state index contributed by atoms with van der Waals surface area (Å²) in [6.07, 6.45) is 0.600. The van der Waals surface area contributed by atoms with Gasteiger partial charge in [-0.2, -0.15) is 5.10 Å². The van der Waals surface area contributed by atoms with Gasteiger partial charge in [0.05, 0.1) is 17.9 Å². The van der Waals surface area contributed by atoms with Crippen molar-refractivity contribution in [3.8, 4) is 17.1 Å². The van der Waals surface area contributed by atoms with E-state index in [1.807, 2.05) is 13.8 Å². The Morgan fingerprint density at radius 3 is 2.53 bits per heavy atom. The van der Waals surface area contributed by atoms with Gasteiger partial charge in [-0.15, -0.1) is 0 Å². The van der Waals surface area contributed by atoms with Crippen LogP contribution in [0.5, 0.6) is 5.75 Å². The predicted octanol–water partition coefficient (Wildman–Crippen LogP) is 2.86. The molecule has 2 aromatic carbocycles. The van der Waals surface area contributed by atoms with Crippen molar-refractivity contribution < 1.29 is 14.6 Å². The Hall–Kier alpha value is -3.98. The molecule has 2 aromatic heterocycles. The lowest BCUT2D eigenvalue weighted by molar-refractivity contribution is 0.1000. The molecule has 1 atom stereocenters. The monoisotopic (exact) mass is 461 g/mol. The summed E-state index contributed by atoms with van der Waals surface area (Å²) in [6, 6.07) is 11.7. The third kappa shape index (κ3) is 4.29. The minimum Gasteiger partial charge on any atom is -0.493 e. The predicted molar refractivity (Wildman–Crippen MR) is 129 cm³/mol. The maximum absolute atomic E-state index is 12.9. The average molecular weight is 462 g/mol. The van der Waals surface area contributed by atoms with E-state index >= 15 is 0 Å². The summed E-state index contributed by atoms with van der Waals surface area (Å²) in [4.78, 5) is 31.9. The van der Waals surface area contributed by atoms with E-state index in [0.717, 1.165) is 12.1 Å². The Morgan fingerprint density at radius 1 is 1.18 bits per heavy atom. The number of aromatic nitrogens is 4. The van der Waals surface area contributed by atoms with Gasteiger partial charge < -0.3 is 20.6 Å². The summed E-state index contributed by atoms with van der Waals surface area (Å²) in [6.45, 7) is 4.33. The van der Waals surface area contributed by atoms with E-state index in [1.54, 1.807) is 54.2 Å². The molecule has 0 fully saturated rings. The molecule has 0 spiro atoms. The van der Waals surface area contributed by atoms with Crippen LogP contribution in [0.2, 0.25) is 0 Å². The molecular formula is C25H27N5O4. The number of hydrogen-bond acceptors (Lipinski definition) is 6. The highest BCUT2D eigenvalue weighted by Gasteiger charge is 2.20. The summed E-state index contributed by atoms with van der Waals surface area (Å²) in [5, 5.41) is 15.5. The molecule has 1 amide bonds. The maximum Gasteiger partial charge on any atom is 0.277 e. The number of nitrogens with two attached hydrogens (primary N) is 1. The number of aromatic amines is 1. The van der Waals surface area contributed by atoms with Crippen molar-refractivity contribution in [1.82, 2.24) is 19.7 Å². The van der Waals surface area contributed by atoms with Gasteiger partial charge >= 0.3 is 0 Å². The molecule has 0 saturated carbocycles. The minimum atomic E-state index is -0.971. The first-order valence-electron chi connectivity index (χ1n) is 11.1. The molecule has 4 rings (SSSR count). The number of nitrogens with zero attached hydrogens (tertiary/aromatic N) is 3. The molecule has 0 radical (unpaired) electrons. The van der Waals surface area contributed by atoms with Gasteiger partial charge in [0.2, 0.25) is 5.91 Å². The van der Waals surface area contributed by atoms with Crippen LogP contribution < -0.4 is 16.0 Å². The number of ether oxygens (including phenoxy) is 1. The van der Waals surface area contributed by atoms with Gasteiger partial charge in [-0.25, -0.2) is 4.98 Å². The fourth-order valence-corrected chi connectivity index (χ4v) is 3.99. The molecule has 2 heterocycles. The third-order valence-electron chi connectivity index (χ3n) is 5.63. The van der Waals surface area contributed by atoms with Crippen molar-refractivity contribution in [2.45, 2.75) is 32.8 Å². The molecule has 0 saturated heterocycles. The molecule has 9 heteroatoms. The number of hydrogen-bond donors (Lipinski definition) is 3. The van der Waals surface area contributed by atoms with Gasteiger partial charge in [0, 0.05) is 12.6 Å². The average Bonchev–Trinajstić information content (AvgIpc) is 3.15. The molecule has 34 heavy (non-hydrogen) atoms. The van der Waals surface area contributed by atoms with Gasteiger partial charge in [-0.3, -0.25) is 14.3 Å². The van der Waals surface area contributed by atoms with Crippen molar-refractivity contribution >= 4 is 16.9 Å². The summed E-state index contributed by atoms with van der Waals surface area (Å²) in [5.41, 5.74) is 8.82. The Bertz CT molecular complexity index is 1410. The molecule has 1 unspecified atom stereocenters. The zero-order valence-corrected chi connectivity index (χ0v) is 19.3. The topological polar surface area (TPSA) is 136 Å². The third-order valence-corrected chi connectivity index (χ3v) is 5.63. The number of benzene rings is 2. The zero-order valence-electron chi connectivity index (χ0n) is 19.3. The largest absolute Gasteiger partial charge is 0.493 e. The Kier molecular flexibility index (Phi) is 6.47. The Morgan fingerprint density at radius 2 is 1.88 bits per heavy atom. The van der Waals surface area contributed by atoms with Crippen LogP contribution in [-0.4, -0.2) is 37.4 Å². The number of aryl methyl sites for hydroxylation is 2. The first kappa shape index (κ1) is 23.2. The van der Waals surface area contributed by atoms with Crippen LogP contribution >= 0.6 is 0 Å². The van der Waals surface area contributed by atoms with E-state index < -0.39 is 12.0 Å². The lowest BCUT2D eigenvalue weighted by Gasteiger charge is -2.16. The highest BCUT2D eigenvalue weighted by Crippen LogP contribution is 2.33. The van der Waals surface area contributed by atoms with Gasteiger partial charge in [0.25, 0.3) is 5.56 Å². The molecule has 0 bridgehead atoms. The van der Waals surface area contributed by atoms with E-state index in [2.05, 4.69) is 10.1 Å². The number of fused-ring (bicyclic) bond motifs is 1. The van der Waals surface area contributed by atoms with Crippen molar-refractivity contribution in [2.24, 2.45) is 12.8 Å². The van der Waals surface area contributed by atoms with Crippen LogP contribution in [-0.2, 0) is 13.5 Å². The molecule has 0 aliphatic carbocycles. The molecule has 4 N–H and O–H groups in total. The second kappa shape index (κ2) is 9.48. The number of carbonyl (C=O) groups excluding carboxylic acids is 1. The number of aliphatic hydroxyl groups excluding tert-OH is 1. The molecule has 4 aromatic rings. The van der Waals surface area contributed by atoms with Crippen LogP contribution in [0.3, 0.4) is 0 Å². The summed E-state index contributed by atoms with van der Waals surface area (Å²) in [5.74, 6) is 0.336. The van der Waals surface area contributed by atoms with Crippen LogP contribution in [0.4, 0.5) is 0 Å². The lowest BCUT2D eigenvalue weighted by atomic mass is 9.98. The molecular weight excluding hydrogens is 434 g/mol. The van der Waals surface area contributed by atoms with Crippen molar-refractivity contribution in [3.63, 3.8) is 0 Å². The van der Waals surface area contributed by atoms with Gasteiger partial charge in [-0.05, 0) is 48.7 Å². The fraction of sp³-hybridized carbons (Fsp3) is 0.280. The fourth-order valence-electron chi connectivity index (χ4n) is 3.99.